The first-order valence-electron chi connectivity index (χ1n) is 8.75. The largest absolute Gasteiger partial charge is 0.467 e. The number of carbonyl (C=O) groups excluding carboxylic acids is 3. The van der Waals surface area contributed by atoms with Gasteiger partial charge in [-0.3, -0.25) is 4.90 Å². The first-order valence-corrected chi connectivity index (χ1v) is 8.75. The number of fused-ring (bicyclic) bond motifs is 1. The Labute approximate surface area is 158 Å². The van der Waals surface area contributed by atoms with Gasteiger partial charge in [0, 0.05) is 19.5 Å². The van der Waals surface area contributed by atoms with Crippen molar-refractivity contribution in [3.05, 3.63) is 35.4 Å². The van der Waals surface area contributed by atoms with Crippen LogP contribution in [0.15, 0.2) is 24.3 Å². The van der Waals surface area contributed by atoms with Gasteiger partial charge in [-0.05, 0) is 31.9 Å². The molecule has 1 aromatic carbocycles. The lowest BCUT2D eigenvalue weighted by Crippen LogP contribution is -2.44. The van der Waals surface area contributed by atoms with Crippen molar-refractivity contribution in [2.75, 3.05) is 13.7 Å². The van der Waals surface area contributed by atoms with Crippen LogP contribution in [0.3, 0.4) is 0 Å². The van der Waals surface area contributed by atoms with Gasteiger partial charge in [-0.15, -0.1) is 0 Å². The van der Waals surface area contributed by atoms with Crippen LogP contribution in [0.2, 0.25) is 0 Å². The molecule has 148 valence electrons. The summed E-state index contributed by atoms with van der Waals surface area (Å²) in [6.45, 7) is 6.10. The SMILES string of the molecule is COC(=O)[C@H](CCOC(=O)N1Cc2ccccc2C1)NC(=O)OC(C)(C)C. The Hall–Kier alpha value is -2.77. The Bertz CT molecular complexity index is 673. The minimum Gasteiger partial charge on any atom is -0.467 e. The smallest absolute Gasteiger partial charge is 0.410 e. The lowest BCUT2D eigenvalue weighted by atomic mass is 10.1. The highest BCUT2D eigenvalue weighted by molar-refractivity contribution is 5.81. The van der Waals surface area contributed by atoms with Gasteiger partial charge in [0.15, 0.2) is 0 Å². The molecule has 1 aromatic rings. The number of amides is 2. The van der Waals surface area contributed by atoms with Gasteiger partial charge in [-0.1, -0.05) is 24.3 Å². The molecule has 8 nitrogen and oxygen atoms in total. The van der Waals surface area contributed by atoms with Crippen LogP contribution < -0.4 is 5.32 Å². The van der Waals surface area contributed by atoms with Gasteiger partial charge in [-0.25, -0.2) is 14.4 Å². The number of methoxy groups -OCH3 is 1. The third kappa shape index (κ3) is 6.16. The highest BCUT2D eigenvalue weighted by atomic mass is 16.6. The second kappa shape index (κ2) is 8.75. The van der Waals surface area contributed by atoms with Crippen molar-refractivity contribution < 1.29 is 28.6 Å². The molecule has 1 heterocycles. The molecule has 2 amide bonds. The number of carbonyl (C=O) groups is 3. The normalized spacial score (nSPS) is 14.1. The van der Waals surface area contributed by atoms with E-state index in [1.54, 1.807) is 25.7 Å². The molecule has 0 fully saturated rings. The zero-order chi connectivity index (χ0) is 20.0. The van der Waals surface area contributed by atoms with Gasteiger partial charge in [0.2, 0.25) is 0 Å². The quantitative estimate of drug-likeness (QED) is 0.625. The zero-order valence-electron chi connectivity index (χ0n) is 16.1. The number of esters is 1. The van der Waals surface area contributed by atoms with E-state index in [4.69, 9.17) is 9.47 Å². The van der Waals surface area contributed by atoms with Crippen molar-refractivity contribution in [1.29, 1.82) is 0 Å². The van der Waals surface area contributed by atoms with Gasteiger partial charge >= 0.3 is 18.2 Å². The summed E-state index contributed by atoms with van der Waals surface area (Å²) in [6, 6.07) is 6.84. The van der Waals surface area contributed by atoms with E-state index in [2.05, 4.69) is 10.1 Å². The molecular weight excluding hydrogens is 352 g/mol. The minimum absolute atomic E-state index is 0.0404. The maximum atomic E-state index is 12.2. The van der Waals surface area contributed by atoms with Gasteiger partial charge in [0.05, 0.1) is 13.7 Å². The fourth-order valence-corrected chi connectivity index (χ4v) is 2.66. The second-order valence-corrected chi connectivity index (χ2v) is 7.25. The summed E-state index contributed by atoms with van der Waals surface area (Å²) in [4.78, 5) is 37.5. The molecule has 1 aliphatic rings. The molecular formula is C19H26N2O6. The summed E-state index contributed by atoms with van der Waals surface area (Å²) < 4.78 is 15.1. The summed E-state index contributed by atoms with van der Waals surface area (Å²) in [7, 11) is 1.22. The molecule has 1 atom stereocenters. The zero-order valence-corrected chi connectivity index (χ0v) is 16.1. The molecule has 0 aliphatic carbocycles. The van der Waals surface area contributed by atoms with Gasteiger partial charge in [0.25, 0.3) is 0 Å². The number of rotatable bonds is 5. The number of hydrogen-bond acceptors (Lipinski definition) is 6. The highest BCUT2D eigenvalue weighted by Gasteiger charge is 2.27. The molecule has 0 spiro atoms. The predicted octanol–water partition coefficient (Wildman–Crippen LogP) is 2.60. The van der Waals surface area contributed by atoms with Crippen LogP contribution in [0.4, 0.5) is 9.59 Å². The van der Waals surface area contributed by atoms with Crippen LogP contribution in [-0.4, -0.2) is 48.4 Å². The number of ether oxygens (including phenoxy) is 3. The van der Waals surface area contributed by atoms with E-state index in [0.29, 0.717) is 13.1 Å². The van der Waals surface area contributed by atoms with Crippen LogP contribution in [0.5, 0.6) is 0 Å². The Morgan fingerprint density at radius 3 is 2.26 bits per heavy atom. The van der Waals surface area contributed by atoms with Crippen molar-refractivity contribution in [2.45, 2.75) is 51.9 Å². The van der Waals surface area contributed by atoms with Crippen molar-refractivity contribution >= 4 is 18.2 Å². The van der Waals surface area contributed by atoms with E-state index in [9.17, 15) is 14.4 Å². The van der Waals surface area contributed by atoms with Crippen LogP contribution in [-0.2, 0) is 32.1 Å². The average molecular weight is 378 g/mol. The van der Waals surface area contributed by atoms with Gasteiger partial charge in [0.1, 0.15) is 11.6 Å². The van der Waals surface area contributed by atoms with E-state index >= 15 is 0 Å². The molecule has 27 heavy (non-hydrogen) atoms. The maximum absolute atomic E-state index is 12.2. The van der Waals surface area contributed by atoms with Gasteiger partial charge in [-0.2, -0.15) is 0 Å². The first-order chi connectivity index (χ1) is 12.7. The number of hydrogen-bond donors (Lipinski definition) is 1. The Balaban J connectivity index is 1.82. The number of nitrogens with zero attached hydrogens (tertiary/aromatic N) is 1. The van der Waals surface area contributed by atoms with Crippen molar-refractivity contribution in [3.8, 4) is 0 Å². The standard InChI is InChI=1S/C19H26N2O6/c1-19(2,3)27-17(23)20-15(16(22)25-4)9-10-26-18(24)21-11-13-7-5-6-8-14(13)12-21/h5-8,15H,9-12H2,1-4H3,(H,20,23)/t15-/m0/s1. The molecule has 0 saturated heterocycles. The average Bonchev–Trinajstić information content (AvgIpc) is 3.02. The van der Waals surface area contributed by atoms with Crippen molar-refractivity contribution in [2.24, 2.45) is 0 Å². The third-order valence-electron chi connectivity index (χ3n) is 3.91. The molecule has 1 N–H and O–H groups in total. The molecule has 0 bridgehead atoms. The number of benzene rings is 1. The fourth-order valence-electron chi connectivity index (χ4n) is 2.66. The summed E-state index contributed by atoms with van der Waals surface area (Å²) in [5.41, 5.74) is 1.49. The fraction of sp³-hybridized carbons (Fsp3) is 0.526. The highest BCUT2D eigenvalue weighted by Crippen LogP contribution is 2.22. The summed E-state index contributed by atoms with van der Waals surface area (Å²) >= 11 is 0. The monoisotopic (exact) mass is 378 g/mol. The second-order valence-electron chi connectivity index (χ2n) is 7.25. The van der Waals surface area contributed by atoms with Gasteiger partial charge < -0.3 is 19.5 Å². The summed E-state index contributed by atoms with van der Waals surface area (Å²) in [5.74, 6) is -0.634. The van der Waals surface area contributed by atoms with Crippen LogP contribution in [0, 0.1) is 0 Å². The predicted molar refractivity (Wildman–Crippen MR) is 96.8 cm³/mol. The lowest BCUT2D eigenvalue weighted by molar-refractivity contribution is -0.143. The molecule has 0 aromatic heterocycles. The third-order valence-corrected chi connectivity index (χ3v) is 3.91. The molecule has 8 heteroatoms. The lowest BCUT2D eigenvalue weighted by Gasteiger charge is -2.22. The number of alkyl carbamates (subject to hydrolysis) is 1. The Morgan fingerprint density at radius 1 is 1.15 bits per heavy atom. The van der Waals surface area contributed by atoms with E-state index in [0.717, 1.165) is 11.1 Å². The van der Waals surface area contributed by atoms with Crippen molar-refractivity contribution in [3.63, 3.8) is 0 Å². The van der Waals surface area contributed by atoms with Crippen LogP contribution in [0.25, 0.3) is 0 Å². The van der Waals surface area contributed by atoms with E-state index < -0.39 is 29.8 Å². The minimum atomic E-state index is -0.964. The first kappa shape index (κ1) is 20.5. The molecule has 2 rings (SSSR count). The van der Waals surface area contributed by atoms with Crippen molar-refractivity contribution in [1.82, 2.24) is 10.2 Å². The molecule has 0 unspecified atom stereocenters. The Morgan fingerprint density at radius 2 is 1.74 bits per heavy atom. The van der Waals surface area contributed by atoms with E-state index in [-0.39, 0.29) is 13.0 Å². The van der Waals surface area contributed by atoms with Crippen LogP contribution >= 0.6 is 0 Å². The molecule has 0 radical (unpaired) electrons. The van der Waals surface area contributed by atoms with E-state index in [1.807, 2.05) is 24.3 Å². The Kier molecular flexibility index (Phi) is 6.65. The summed E-state index contributed by atoms with van der Waals surface area (Å²) in [6.07, 6.45) is -1.12. The van der Waals surface area contributed by atoms with Crippen LogP contribution in [0.1, 0.15) is 38.3 Å². The molecule has 1 aliphatic heterocycles. The summed E-state index contributed by atoms with van der Waals surface area (Å²) in [5, 5.41) is 2.44. The maximum Gasteiger partial charge on any atom is 0.410 e. The number of nitrogens with one attached hydrogen (secondary N) is 1. The molecule has 0 saturated carbocycles. The van der Waals surface area contributed by atoms with E-state index in [1.165, 1.54) is 7.11 Å². The topological polar surface area (TPSA) is 94.2 Å².